The molecule has 0 aliphatic carbocycles. The van der Waals surface area contributed by atoms with Gasteiger partial charge in [-0.3, -0.25) is 4.79 Å². The lowest BCUT2D eigenvalue weighted by Crippen LogP contribution is -2.41. The topological polar surface area (TPSA) is 17.1 Å². The molecule has 0 aliphatic heterocycles. The van der Waals surface area contributed by atoms with Gasteiger partial charge in [0.1, 0.15) is 0 Å². The number of allylic oxidation sites excluding steroid dienone is 1. The second kappa shape index (κ2) is 7.56. The third-order valence-electron chi connectivity index (χ3n) is 4.35. The first-order valence-electron chi connectivity index (χ1n) is 8.21. The first-order valence-corrected chi connectivity index (χ1v) is 11.4. The van der Waals surface area contributed by atoms with E-state index in [1.807, 2.05) is 37.3 Å². The van der Waals surface area contributed by atoms with E-state index in [2.05, 4.69) is 50.0 Å². The monoisotopic (exact) mass is 322 g/mol. The maximum Gasteiger partial charge on any atom is 0.165 e. The molecule has 1 unspecified atom stereocenters. The van der Waals surface area contributed by atoms with E-state index in [1.165, 1.54) is 10.8 Å². The van der Waals surface area contributed by atoms with E-state index < -0.39 is 8.07 Å². The predicted molar refractivity (Wildman–Crippen MR) is 102 cm³/mol. The lowest BCUT2D eigenvalue weighted by molar-refractivity contribution is 0.0929. The lowest BCUT2D eigenvalue weighted by Gasteiger charge is -2.25. The zero-order chi connectivity index (χ0) is 16.9. The van der Waals surface area contributed by atoms with Gasteiger partial charge in [0.15, 0.2) is 5.78 Å². The fraction of sp³-hybridized carbons (Fsp3) is 0.286. The minimum absolute atomic E-state index is 0.00882. The van der Waals surface area contributed by atoms with E-state index in [0.29, 0.717) is 0 Å². The smallest absolute Gasteiger partial charge is 0.165 e. The highest BCUT2D eigenvalue weighted by Gasteiger charge is 2.25. The molecule has 1 atom stereocenters. The minimum atomic E-state index is -1.53. The summed E-state index contributed by atoms with van der Waals surface area (Å²) in [5.41, 5.74) is 2.00. The molecule has 2 aromatic rings. The lowest BCUT2D eigenvalue weighted by atomic mass is 9.94. The number of carbonyl (C=O) groups is 1. The van der Waals surface area contributed by atoms with Crippen LogP contribution in [0.5, 0.6) is 0 Å². The molecule has 1 nitrogen and oxygen atoms in total. The SMILES string of the molecule is C=C(CC(C)C(=O)c1ccccc1)C[Si](C)(C)c1ccccc1. The Morgan fingerprint density at radius 2 is 1.52 bits per heavy atom. The summed E-state index contributed by atoms with van der Waals surface area (Å²) in [5, 5.41) is 1.45. The van der Waals surface area contributed by atoms with E-state index in [1.54, 1.807) is 0 Å². The zero-order valence-electron chi connectivity index (χ0n) is 14.4. The highest BCUT2D eigenvalue weighted by atomic mass is 28.3. The Morgan fingerprint density at radius 1 is 1.00 bits per heavy atom. The van der Waals surface area contributed by atoms with Crippen LogP contribution < -0.4 is 5.19 Å². The van der Waals surface area contributed by atoms with Crippen molar-refractivity contribution in [1.82, 2.24) is 0 Å². The normalized spacial score (nSPS) is 12.7. The number of carbonyl (C=O) groups excluding carboxylic acids is 1. The molecule has 2 rings (SSSR count). The Hall–Kier alpha value is -1.93. The second-order valence-corrected chi connectivity index (χ2v) is 11.7. The summed E-state index contributed by atoms with van der Waals surface area (Å²) in [7, 11) is -1.53. The van der Waals surface area contributed by atoms with Gasteiger partial charge >= 0.3 is 0 Å². The van der Waals surface area contributed by atoms with Gasteiger partial charge in [0, 0.05) is 11.5 Å². The van der Waals surface area contributed by atoms with Crippen molar-refractivity contribution in [2.45, 2.75) is 32.5 Å². The van der Waals surface area contributed by atoms with Gasteiger partial charge in [0.05, 0.1) is 8.07 Å². The summed E-state index contributed by atoms with van der Waals surface area (Å²) < 4.78 is 0. The van der Waals surface area contributed by atoms with Gasteiger partial charge in [-0.1, -0.05) is 91.4 Å². The van der Waals surface area contributed by atoms with Crippen LogP contribution in [0.2, 0.25) is 19.1 Å². The Balaban J connectivity index is 1.98. The van der Waals surface area contributed by atoms with Gasteiger partial charge in [-0.05, 0) is 12.5 Å². The number of rotatable bonds is 7. The summed E-state index contributed by atoms with van der Waals surface area (Å²) in [6.45, 7) is 11.0. The van der Waals surface area contributed by atoms with Gasteiger partial charge in [0.25, 0.3) is 0 Å². The van der Waals surface area contributed by atoms with Crippen molar-refractivity contribution >= 4 is 19.0 Å². The fourth-order valence-corrected chi connectivity index (χ4v) is 5.79. The van der Waals surface area contributed by atoms with Gasteiger partial charge in [-0.2, -0.15) is 0 Å². The van der Waals surface area contributed by atoms with E-state index in [0.717, 1.165) is 18.0 Å². The molecule has 2 aromatic carbocycles. The first kappa shape index (κ1) is 17.4. The minimum Gasteiger partial charge on any atom is -0.294 e. The summed E-state index contributed by atoms with van der Waals surface area (Å²) >= 11 is 0. The van der Waals surface area contributed by atoms with Crippen molar-refractivity contribution in [3.05, 3.63) is 78.4 Å². The van der Waals surface area contributed by atoms with Crippen molar-refractivity contribution in [2.75, 3.05) is 0 Å². The third kappa shape index (κ3) is 4.77. The molecule has 0 bridgehead atoms. The van der Waals surface area contributed by atoms with Crippen LogP contribution in [0.1, 0.15) is 23.7 Å². The van der Waals surface area contributed by atoms with E-state index in [4.69, 9.17) is 0 Å². The molecule has 0 saturated heterocycles. The van der Waals surface area contributed by atoms with Crippen molar-refractivity contribution < 1.29 is 4.79 Å². The van der Waals surface area contributed by atoms with Crippen LogP contribution in [0, 0.1) is 5.92 Å². The Kier molecular flexibility index (Phi) is 5.73. The van der Waals surface area contributed by atoms with E-state index >= 15 is 0 Å². The molecule has 0 radical (unpaired) electrons. The number of hydrogen-bond donors (Lipinski definition) is 0. The quantitative estimate of drug-likeness (QED) is 0.395. The summed E-state index contributed by atoms with van der Waals surface area (Å²) in [6.07, 6.45) is 0.775. The third-order valence-corrected chi connectivity index (χ3v) is 7.63. The van der Waals surface area contributed by atoms with Gasteiger partial charge in [-0.15, -0.1) is 6.58 Å². The van der Waals surface area contributed by atoms with Crippen molar-refractivity contribution in [3.63, 3.8) is 0 Å². The molecule has 0 N–H and O–H groups in total. The molecule has 0 aromatic heterocycles. The largest absolute Gasteiger partial charge is 0.294 e. The first-order chi connectivity index (χ1) is 10.9. The molecule has 2 heteroatoms. The van der Waals surface area contributed by atoms with E-state index in [-0.39, 0.29) is 11.7 Å². The van der Waals surface area contributed by atoms with Crippen LogP contribution in [0.3, 0.4) is 0 Å². The number of benzene rings is 2. The molecular formula is C21H26OSi. The highest BCUT2D eigenvalue weighted by molar-refractivity contribution is 6.90. The van der Waals surface area contributed by atoms with Crippen LogP contribution in [-0.4, -0.2) is 13.9 Å². The average molecular weight is 323 g/mol. The maximum absolute atomic E-state index is 12.5. The van der Waals surface area contributed by atoms with Crippen molar-refractivity contribution in [1.29, 1.82) is 0 Å². The van der Waals surface area contributed by atoms with Crippen molar-refractivity contribution in [3.8, 4) is 0 Å². The molecule has 0 amide bonds. The Morgan fingerprint density at radius 3 is 2.09 bits per heavy atom. The summed E-state index contributed by atoms with van der Waals surface area (Å²) in [6, 6.07) is 21.3. The maximum atomic E-state index is 12.5. The molecule has 0 aliphatic rings. The molecule has 0 fully saturated rings. The van der Waals surface area contributed by atoms with Crippen LogP contribution in [0.15, 0.2) is 72.8 Å². The molecular weight excluding hydrogens is 296 g/mol. The van der Waals surface area contributed by atoms with Crippen LogP contribution in [0.4, 0.5) is 0 Å². The molecule has 0 spiro atoms. The van der Waals surface area contributed by atoms with Crippen LogP contribution in [-0.2, 0) is 0 Å². The summed E-state index contributed by atoms with van der Waals surface area (Å²) in [5.74, 6) is 0.205. The van der Waals surface area contributed by atoms with Gasteiger partial charge in [-0.25, -0.2) is 0 Å². The van der Waals surface area contributed by atoms with Gasteiger partial charge < -0.3 is 0 Å². The fourth-order valence-electron chi connectivity index (χ4n) is 3.10. The van der Waals surface area contributed by atoms with Crippen LogP contribution in [0.25, 0.3) is 0 Å². The number of Topliss-reactive ketones (excluding diaryl/α,β-unsaturated/α-hetero) is 1. The molecule has 23 heavy (non-hydrogen) atoms. The zero-order valence-corrected chi connectivity index (χ0v) is 15.4. The Bertz CT molecular complexity index is 659. The molecule has 0 heterocycles. The summed E-state index contributed by atoms with van der Waals surface area (Å²) in [4.78, 5) is 12.5. The van der Waals surface area contributed by atoms with Crippen molar-refractivity contribution in [2.24, 2.45) is 5.92 Å². The Labute approximate surface area is 141 Å². The molecule has 0 saturated carbocycles. The number of ketones is 1. The van der Waals surface area contributed by atoms with Gasteiger partial charge in [0.2, 0.25) is 0 Å². The number of hydrogen-bond acceptors (Lipinski definition) is 1. The predicted octanol–water partition coefficient (Wildman–Crippen LogP) is 5.07. The molecule has 120 valence electrons. The van der Waals surface area contributed by atoms with E-state index in [9.17, 15) is 4.79 Å². The van der Waals surface area contributed by atoms with Crippen LogP contribution >= 0.6 is 0 Å². The standard InChI is InChI=1S/C21H26OSi/c1-17(16-23(3,4)20-13-9-6-10-14-20)15-18(2)21(22)19-11-7-5-8-12-19/h5-14,18H,1,15-16H2,2-4H3. The second-order valence-electron chi connectivity index (χ2n) is 7.01. The average Bonchev–Trinajstić information content (AvgIpc) is 2.55. The highest BCUT2D eigenvalue weighted by Crippen LogP contribution is 2.23.